The number of nitriles is 2. The number of nitrogens with zero attached hydrogens (tertiary/aromatic N) is 3. The Balaban J connectivity index is 1.51. The molecule has 174 valence electrons. The summed E-state index contributed by atoms with van der Waals surface area (Å²) >= 11 is 0. The summed E-state index contributed by atoms with van der Waals surface area (Å²) < 4.78 is 14.9. The largest absolute Gasteiger partial charge is 0.309 e. The van der Waals surface area contributed by atoms with Gasteiger partial charge < -0.3 is 9.46 Å². The van der Waals surface area contributed by atoms with Gasteiger partial charge in [-0.15, -0.1) is 0 Å². The van der Waals surface area contributed by atoms with Gasteiger partial charge in [-0.25, -0.2) is 0 Å². The van der Waals surface area contributed by atoms with Crippen molar-refractivity contribution < 1.29 is 4.57 Å². The summed E-state index contributed by atoms with van der Waals surface area (Å²) in [5, 5.41) is 21.2. The van der Waals surface area contributed by atoms with Crippen LogP contribution in [0.3, 0.4) is 0 Å². The number of hydrogen-bond acceptors (Lipinski definition) is 4. The van der Waals surface area contributed by atoms with E-state index in [4.69, 9.17) is 0 Å². The van der Waals surface area contributed by atoms with Crippen molar-refractivity contribution in [2.24, 2.45) is 0 Å². The Morgan fingerprint density at radius 1 is 0.568 bits per heavy atom. The van der Waals surface area contributed by atoms with Crippen molar-refractivity contribution in [3.63, 3.8) is 0 Å². The topological polar surface area (TPSA) is 67.9 Å². The third-order valence-corrected chi connectivity index (χ3v) is 9.83. The second-order valence-corrected chi connectivity index (χ2v) is 11.5. The highest BCUT2D eigenvalue weighted by atomic mass is 31.2. The number of anilines is 3. The lowest BCUT2D eigenvalue weighted by atomic mass is 10.00. The molecule has 0 fully saturated rings. The first-order valence-corrected chi connectivity index (χ1v) is 13.5. The zero-order valence-corrected chi connectivity index (χ0v) is 20.6. The third-order valence-electron chi connectivity index (χ3n) is 6.69. The molecular weight excluding hydrogens is 473 g/mol. The lowest BCUT2D eigenvalue weighted by molar-refractivity contribution is 0.592. The fraction of sp³-hybridized carbons (Fsp3) is 0. The van der Waals surface area contributed by atoms with Gasteiger partial charge in [-0.1, -0.05) is 66.7 Å². The SMILES string of the molecule is N#Cc1cc(C#N)cc(-c2ccc(N3c4ccccc4P(=O)(c4ccccc4)c4ccccc43)cc2)c1. The van der Waals surface area contributed by atoms with Crippen LogP contribution in [0.4, 0.5) is 17.1 Å². The Labute approximate surface area is 215 Å². The van der Waals surface area contributed by atoms with Crippen LogP contribution in [0.2, 0.25) is 0 Å². The quantitative estimate of drug-likeness (QED) is 0.263. The molecule has 0 radical (unpaired) electrons. The maximum atomic E-state index is 14.9. The number of para-hydroxylation sites is 2. The summed E-state index contributed by atoms with van der Waals surface area (Å²) in [6.45, 7) is 0. The van der Waals surface area contributed by atoms with Crippen LogP contribution >= 0.6 is 7.14 Å². The minimum absolute atomic E-state index is 0.452. The Bertz CT molecular complexity index is 1700. The van der Waals surface area contributed by atoms with Crippen molar-refractivity contribution in [2.45, 2.75) is 0 Å². The summed E-state index contributed by atoms with van der Waals surface area (Å²) in [6, 6.07) is 43.0. The standard InChI is InChI=1S/C32H20N3OP/c33-21-23-18-24(22-34)20-26(19-23)25-14-16-27(17-15-25)35-29-10-4-6-12-31(29)37(36,28-8-2-1-3-9-28)32-13-7-5-11-30(32)35/h1-20H. The Hall–Kier alpha value is -4.89. The van der Waals surface area contributed by atoms with E-state index in [9.17, 15) is 15.1 Å². The molecule has 37 heavy (non-hydrogen) atoms. The lowest BCUT2D eigenvalue weighted by Gasteiger charge is -2.37. The number of fused-ring (bicyclic) bond motifs is 2. The normalized spacial score (nSPS) is 13.1. The van der Waals surface area contributed by atoms with Gasteiger partial charge in [-0.2, -0.15) is 10.5 Å². The molecule has 0 saturated heterocycles. The second kappa shape index (κ2) is 8.96. The smallest absolute Gasteiger partial charge is 0.175 e. The van der Waals surface area contributed by atoms with Gasteiger partial charge in [0.15, 0.2) is 7.14 Å². The van der Waals surface area contributed by atoms with Gasteiger partial charge in [0.1, 0.15) is 0 Å². The molecule has 1 aliphatic rings. The van der Waals surface area contributed by atoms with Gasteiger partial charge in [0.05, 0.1) is 34.6 Å². The molecule has 0 saturated carbocycles. The van der Waals surface area contributed by atoms with Crippen LogP contribution < -0.4 is 20.8 Å². The van der Waals surface area contributed by atoms with Crippen LogP contribution in [0.5, 0.6) is 0 Å². The highest BCUT2D eigenvalue weighted by Gasteiger charge is 2.40. The van der Waals surface area contributed by atoms with Crippen LogP contribution in [0, 0.1) is 22.7 Å². The van der Waals surface area contributed by atoms with Crippen LogP contribution in [-0.2, 0) is 4.57 Å². The van der Waals surface area contributed by atoms with E-state index in [1.807, 2.05) is 103 Å². The molecule has 0 bridgehead atoms. The molecule has 5 aromatic rings. The molecule has 5 heteroatoms. The van der Waals surface area contributed by atoms with E-state index in [1.54, 1.807) is 18.2 Å². The summed E-state index contributed by atoms with van der Waals surface area (Å²) in [5.74, 6) is 0. The van der Waals surface area contributed by atoms with E-state index in [0.717, 1.165) is 44.1 Å². The van der Waals surface area contributed by atoms with E-state index in [-0.39, 0.29) is 0 Å². The molecule has 5 aromatic carbocycles. The average molecular weight is 494 g/mol. The van der Waals surface area contributed by atoms with Crippen LogP contribution in [-0.4, -0.2) is 0 Å². The van der Waals surface area contributed by atoms with Crippen molar-refractivity contribution in [3.8, 4) is 23.3 Å². The maximum absolute atomic E-state index is 14.9. The Morgan fingerprint density at radius 2 is 1.08 bits per heavy atom. The van der Waals surface area contributed by atoms with E-state index >= 15 is 0 Å². The van der Waals surface area contributed by atoms with Crippen molar-refractivity contribution in [3.05, 3.63) is 132 Å². The summed E-state index contributed by atoms with van der Waals surface area (Å²) in [4.78, 5) is 2.15. The summed E-state index contributed by atoms with van der Waals surface area (Å²) in [6.07, 6.45) is 0. The maximum Gasteiger partial charge on any atom is 0.175 e. The van der Waals surface area contributed by atoms with Gasteiger partial charge in [0.2, 0.25) is 0 Å². The predicted octanol–water partition coefficient (Wildman–Crippen LogP) is 6.52. The zero-order chi connectivity index (χ0) is 25.4. The molecule has 0 N–H and O–H groups in total. The molecule has 1 aliphatic heterocycles. The van der Waals surface area contributed by atoms with Gasteiger partial charge >= 0.3 is 0 Å². The first-order chi connectivity index (χ1) is 18.1. The van der Waals surface area contributed by atoms with Crippen LogP contribution in [0.25, 0.3) is 11.1 Å². The first-order valence-electron chi connectivity index (χ1n) is 11.8. The lowest BCUT2D eigenvalue weighted by Crippen LogP contribution is -2.36. The summed E-state index contributed by atoms with van der Waals surface area (Å²) in [7, 11) is -3.08. The van der Waals surface area contributed by atoms with E-state index in [2.05, 4.69) is 17.0 Å². The molecule has 6 rings (SSSR count). The molecule has 0 spiro atoms. The predicted molar refractivity (Wildman–Crippen MR) is 149 cm³/mol. The van der Waals surface area contributed by atoms with Gasteiger partial charge in [0.25, 0.3) is 0 Å². The molecule has 4 nitrogen and oxygen atoms in total. The Morgan fingerprint density at radius 3 is 1.62 bits per heavy atom. The molecule has 0 aliphatic carbocycles. The zero-order valence-electron chi connectivity index (χ0n) is 19.7. The van der Waals surface area contributed by atoms with Crippen LogP contribution in [0.15, 0.2) is 121 Å². The Kier molecular flexibility index (Phi) is 5.46. The highest BCUT2D eigenvalue weighted by Crippen LogP contribution is 2.53. The minimum Gasteiger partial charge on any atom is -0.309 e. The van der Waals surface area contributed by atoms with Gasteiger partial charge in [-0.05, 0) is 65.7 Å². The van der Waals surface area contributed by atoms with Crippen molar-refractivity contribution in [1.29, 1.82) is 10.5 Å². The molecule has 1 heterocycles. The number of benzene rings is 5. The van der Waals surface area contributed by atoms with Crippen molar-refractivity contribution in [2.75, 3.05) is 4.90 Å². The van der Waals surface area contributed by atoms with E-state index < -0.39 is 7.14 Å². The van der Waals surface area contributed by atoms with E-state index in [0.29, 0.717) is 11.1 Å². The van der Waals surface area contributed by atoms with Gasteiger partial charge in [-0.3, -0.25) is 0 Å². The third kappa shape index (κ3) is 3.64. The molecule has 0 amide bonds. The van der Waals surface area contributed by atoms with Gasteiger partial charge in [0, 0.05) is 21.6 Å². The van der Waals surface area contributed by atoms with Crippen molar-refractivity contribution >= 4 is 40.1 Å². The molecular formula is C32H20N3OP. The molecule has 0 unspecified atom stereocenters. The first kappa shape index (κ1) is 22.6. The highest BCUT2D eigenvalue weighted by molar-refractivity contribution is 7.86. The van der Waals surface area contributed by atoms with Crippen LogP contribution in [0.1, 0.15) is 11.1 Å². The second-order valence-electron chi connectivity index (χ2n) is 8.83. The minimum atomic E-state index is -3.08. The molecule has 0 aromatic heterocycles. The fourth-order valence-corrected chi connectivity index (χ4v) is 8.01. The summed E-state index contributed by atoms with van der Waals surface area (Å²) in [5.41, 5.74) is 5.34. The average Bonchev–Trinajstić information content (AvgIpc) is 2.98. The number of hydrogen-bond donors (Lipinski definition) is 0. The van der Waals surface area contributed by atoms with Crippen molar-refractivity contribution in [1.82, 2.24) is 0 Å². The fourth-order valence-electron chi connectivity index (χ4n) is 5.02. The number of rotatable bonds is 3. The molecule has 0 atom stereocenters. The monoisotopic (exact) mass is 493 g/mol. The van der Waals surface area contributed by atoms with E-state index in [1.165, 1.54) is 0 Å².